The van der Waals surface area contributed by atoms with E-state index in [-0.39, 0.29) is 6.10 Å². The van der Waals surface area contributed by atoms with Crippen molar-refractivity contribution in [3.05, 3.63) is 41.7 Å². The largest absolute Gasteiger partial charge is 0.489 e. The summed E-state index contributed by atoms with van der Waals surface area (Å²) in [6, 6.07) is 7.35. The molecule has 0 aliphatic rings. The van der Waals surface area contributed by atoms with E-state index < -0.39 is 0 Å². The zero-order chi connectivity index (χ0) is 13.1. The van der Waals surface area contributed by atoms with Crippen molar-refractivity contribution < 1.29 is 4.74 Å². The molecule has 3 nitrogen and oxygen atoms in total. The van der Waals surface area contributed by atoms with E-state index in [9.17, 15) is 0 Å². The molecule has 2 N–H and O–H groups in total. The first-order chi connectivity index (χ1) is 8.56. The van der Waals surface area contributed by atoms with Gasteiger partial charge in [0.15, 0.2) is 0 Å². The smallest absolute Gasteiger partial charge is 0.138 e. The van der Waals surface area contributed by atoms with Crippen molar-refractivity contribution in [1.82, 2.24) is 4.98 Å². The van der Waals surface area contributed by atoms with Gasteiger partial charge in [-0.3, -0.25) is 4.98 Å². The first-order valence-electron chi connectivity index (χ1n) is 5.73. The molecule has 0 saturated heterocycles. The van der Waals surface area contributed by atoms with Crippen LogP contribution in [-0.4, -0.2) is 11.1 Å². The number of halogens is 1. The highest BCUT2D eigenvalue weighted by atomic mass is 35.5. The molecule has 0 atom stereocenters. The topological polar surface area (TPSA) is 48.1 Å². The second-order valence-electron chi connectivity index (χ2n) is 4.32. The summed E-state index contributed by atoms with van der Waals surface area (Å²) in [6.07, 6.45) is 3.56. The molecule has 94 valence electrons. The molecule has 0 amide bonds. The predicted octanol–water partition coefficient (Wildman–Crippen LogP) is 3.77. The van der Waals surface area contributed by atoms with Crippen LogP contribution in [0.4, 0.5) is 5.69 Å². The summed E-state index contributed by atoms with van der Waals surface area (Å²) in [5.41, 5.74) is 8.13. The van der Waals surface area contributed by atoms with Gasteiger partial charge in [0, 0.05) is 23.0 Å². The van der Waals surface area contributed by atoms with Crippen LogP contribution in [0.5, 0.6) is 5.75 Å². The number of nitrogen functional groups attached to an aromatic ring is 1. The van der Waals surface area contributed by atoms with E-state index in [1.54, 1.807) is 18.5 Å². The molecule has 1 aromatic heterocycles. The van der Waals surface area contributed by atoms with E-state index in [4.69, 9.17) is 22.1 Å². The average molecular weight is 263 g/mol. The first-order valence-corrected chi connectivity index (χ1v) is 6.11. The van der Waals surface area contributed by atoms with Crippen LogP contribution in [0.2, 0.25) is 5.02 Å². The Hall–Kier alpha value is -1.74. The van der Waals surface area contributed by atoms with Gasteiger partial charge >= 0.3 is 0 Å². The van der Waals surface area contributed by atoms with Crippen molar-refractivity contribution in [2.24, 2.45) is 0 Å². The lowest BCUT2D eigenvalue weighted by Crippen LogP contribution is -2.05. The lowest BCUT2D eigenvalue weighted by atomic mass is 10.1. The van der Waals surface area contributed by atoms with Gasteiger partial charge in [0.2, 0.25) is 0 Å². The number of pyridine rings is 1. The minimum atomic E-state index is 0.115. The number of ether oxygens (including phenoxy) is 1. The summed E-state index contributed by atoms with van der Waals surface area (Å²) in [4.78, 5) is 4.16. The van der Waals surface area contributed by atoms with E-state index in [0.717, 1.165) is 16.9 Å². The Morgan fingerprint density at radius 2 is 2.00 bits per heavy atom. The van der Waals surface area contributed by atoms with Crippen molar-refractivity contribution in [3.63, 3.8) is 0 Å². The Morgan fingerprint density at radius 3 is 2.67 bits per heavy atom. The van der Waals surface area contributed by atoms with Gasteiger partial charge in [0.05, 0.1) is 17.3 Å². The monoisotopic (exact) mass is 262 g/mol. The highest BCUT2D eigenvalue weighted by Gasteiger charge is 2.06. The van der Waals surface area contributed by atoms with Crippen LogP contribution in [0.3, 0.4) is 0 Å². The molecule has 0 bridgehead atoms. The van der Waals surface area contributed by atoms with Crippen LogP contribution in [0.15, 0.2) is 36.7 Å². The number of hydrogen-bond donors (Lipinski definition) is 1. The second-order valence-corrected chi connectivity index (χ2v) is 4.72. The quantitative estimate of drug-likeness (QED) is 0.857. The maximum absolute atomic E-state index is 6.17. The van der Waals surface area contributed by atoms with Crippen LogP contribution >= 0.6 is 11.6 Å². The number of benzene rings is 1. The molecule has 0 aliphatic heterocycles. The molecule has 0 unspecified atom stereocenters. The van der Waals surface area contributed by atoms with Crippen LogP contribution in [0.25, 0.3) is 11.1 Å². The average Bonchev–Trinajstić information content (AvgIpc) is 2.28. The zero-order valence-corrected chi connectivity index (χ0v) is 11.1. The molecule has 2 aromatic rings. The van der Waals surface area contributed by atoms with E-state index in [0.29, 0.717) is 10.7 Å². The number of nitrogens with two attached hydrogens (primary N) is 1. The molecule has 0 fully saturated rings. The molecule has 4 heteroatoms. The van der Waals surface area contributed by atoms with Gasteiger partial charge in [-0.05, 0) is 32.0 Å². The van der Waals surface area contributed by atoms with Crippen molar-refractivity contribution in [3.8, 4) is 16.9 Å². The molecular formula is C14H15ClN2O. The second kappa shape index (κ2) is 5.27. The minimum absolute atomic E-state index is 0.115. The lowest BCUT2D eigenvalue weighted by Gasteiger charge is -2.11. The first kappa shape index (κ1) is 12.7. The standard InChI is InChI=1S/C14H15ClN2O/c1-9(2)18-12-5-10(7-17-8-12)13-4-3-11(16)6-14(13)15/h3-9H,16H2,1-2H3. The van der Waals surface area contributed by atoms with Gasteiger partial charge in [-0.15, -0.1) is 0 Å². The van der Waals surface area contributed by atoms with E-state index in [1.807, 2.05) is 32.0 Å². The lowest BCUT2D eigenvalue weighted by molar-refractivity contribution is 0.241. The van der Waals surface area contributed by atoms with Crippen LogP contribution in [0, 0.1) is 0 Å². The van der Waals surface area contributed by atoms with Gasteiger partial charge < -0.3 is 10.5 Å². The van der Waals surface area contributed by atoms with Crippen molar-refractivity contribution >= 4 is 17.3 Å². The summed E-state index contributed by atoms with van der Waals surface area (Å²) in [7, 11) is 0. The van der Waals surface area contributed by atoms with Crippen molar-refractivity contribution in [2.45, 2.75) is 20.0 Å². The number of nitrogens with zero attached hydrogens (tertiary/aromatic N) is 1. The van der Waals surface area contributed by atoms with Gasteiger partial charge in [-0.2, -0.15) is 0 Å². The Labute approximate surface area is 112 Å². The van der Waals surface area contributed by atoms with E-state index in [2.05, 4.69) is 4.98 Å². The Morgan fingerprint density at radius 1 is 1.22 bits per heavy atom. The number of hydrogen-bond acceptors (Lipinski definition) is 3. The van der Waals surface area contributed by atoms with Crippen LogP contribution < -0.4 is 10.5 Å². The molecule has 1 heterocycles. The molecule has 18 heavy (non-hydrogen) atoms. The van der Waals surface area contributed by atoms with Gasteiger partial charge in [0.25, 0.3) is 0 Å². The molecular weight excluding hydrogens is 248 g/mol. The Kier molecular flexibility index (Phi) is 3.72. The van der Waals surface area contributed by atoms with Gasteiger partial charge in [0.1, 0.15) is 5.75 Å². The molecule has 1 aromatic carbocycles. The third-order valence-electron chi connectivity index (χ3n) is 2.39. The van der Waals surface area contributed by atoms with E-state index >= 15 is 0 Å². The summed E-state index contributed by atoms with van der Waals surface area (Å²) >= 11 is 6.17. The fourth-order valence-electron chi connectivity index (χ4n) is 1.67. The fourth-order valence-corrected chi connectivity index (χ4v) is 1.97. The summed E-state index contributed by atoms with van der Waals surface area (Å²) in [5.74, 6) is 0.732. The third kappa shape index (κ3) is 2.93. The maximum Gasteiger partial charge on any atom is 0.138 e. The molecule has 0 radical (unpaired) electrons. The van der Waals surface area contributed by atoms with Crippen molar-refractivity contribution in [1.29, 1.82) is 0 Å². The molecule has 2 rings (SSSR count). The van der Waals surface area contributed by atoms with Gasteiger partial charge in [-0.25, -0.2) is 0 Å². The number of rotatable bonds is 3. The summed E-state index contributed by atoms with van der Waals surface area (Å²) in [6.45, 7) is 3.95. The molecule has 0 aliphatic carbocycles. The normalized spacial score (nSPS) is 10.7. The Balaban J connectivity index is 2.38. The number of aromatic nitrogens is 1. The maximum atomic E-state index is 6.17. The van der Waals surface area contributed by atoms with Crippen LogP contribution in [0.1, 0.15) is 13.8 Å². The van der Waals surface area contributed by atoms with Gasteiger partial charge in [-0.1, -0.05) is 17.7 Å². The Bertz CT molecular complexity index is 555. The van der Waals surface area contributed by atoms with Crippen molar-refractivity contribution in [2.75, 3.05) is 5.73 Å². The highest BCUT2D eigenvalue weighted by Crippen LogP contribution is 2.30. The summed E-state index contributed by atoms with van der Waals surface area (Å²) < 4.78 is 5.61. The fraction of sp³-hybridized carbons (Fsp3) is 0.214. The zero-order valence-electron chi connectivity index (χ0n) is 10.4. The minimum Gasteiger partial charge on any atom is -0.489 e. The summed E-state index contributed by atoms with van der Waals surface area (Å²) in [5, 5.41) is 0.610. The molecule has 0 spiro atoms. The third-order valence-corrected chi connectivity index (χ3v) is 2.70. The number of anilines is 1. The SMILES string of the molecule is CC(C)Oc1cncc(-c2ccc(N)cc2Cl)c1. The van der Waals surface area contributed by atoms with E-state index in [1.165, 1.54) is 0 Å². The van der Waals surface area contributed by atoms with Crippen LogP contribution in [-0.2, 0) is 0 Å². The molecule has 0 saturated carbocycles. The highest BCUT2D eigenvalue weighted by molar-refractivity contribution is 6.33. The predicted molar refractivity (Wildman–Crippen MR) is 74.9 cm³/mol.